The lowest BCUT2D eigenvalue weighted by molar-refractivity contribution is -0.138. The molecule has 0 saturated carbocycles. The molecule has 2 amide bonds. The first-order valence-electron chi connectivity index (χ1n) is 7.98. The molecule has 1 aliphatic heterocycles. The van der Waals surface area contributed by atoms with Crippen molar-refractivity contribution in [3.63, 3.8) is 0 Å². The molecule has 0 aliphatic carbocycles. The molecule has 0 fully saturated rings. The summed E-state index contributed by atoms with van der Waals surface area (Å²) in [6, 6.07) is 1.63. The molecule has 0 radical (unpaired) electrons. The van der Waals surface area contributed by atoms with E-state index in [0.717, 1.165) is 0 Å². The number of fused-ring (bicyclic) bond motifs is 1. The number of carbonyl (C=O) groups is 4. The van der Waals surface area contributed by atoms with Gasteiger partial charge in [0.15, 0.2) is 5.82 Å². The molecule has 1 aromatic heterocycles. The van der Waals surface area contributed by atoms with Gasteiger partial charge in [0.2, 0.25) is 11.8 Å². The second-order valence-electron chi connectivity index (χ2n) is 5.90. The standard InChI is InChI=1S/C16H21N5O5/c1-17-11-7-20(2)15-12(4-3-5-18-15)21(16(11)26)8-13(23)19-10(9-22)6-14(24)25/h3-5,9-11,17H,6-8H2,1-2H3,(H,19,23)(H,24,25)/t10-,11-/m0/s1. The van der Waals surface area contributed by atoms with Crippen LogP contribution in [0.25, 0.3) is 0 Å². The third-order valence-electron chi connectivity index (χ3n) is 3.99. The minimum atomic E-state index is -1.21. The first-order chi connectivity index (χ1) is 12.4. The predicted molar refractivity (Wildman–Crippen MR) is 93.0 cm³/mol. The molecule has 10 nitrogen and oxygen atoms in total. The molecule has 26 heavy (non-hydrogen) atoms. The zero-order valence-electron chi connectivity index (χ0n) is 14.5. The molecule has 140 valence electrons. The normalized spacial score (nSPS) is 17.9. The number of anilines is 2. The summed E-state index contributed by atoms with van der Waals surface area (Å²) in [5, 5.41) is 14.0. The fourth-order valence-electron chi connectivity index (χ4n) is 2.73. The van der Waals surface area contributed by atoms with E-state index in [1.54, 1.807) is 32.4 Å². The van der Waals surface area contributed by atoms with E-state index in [1.165, 1.54) is 4.90 Å². The van der Waals surface area contributed by atoms with Crippen molar-refractivity contribution in [2.24, 2.45) is 0 Å². The molecule has 0 bridgehead atoms. The molecule has 2 rings (SSSR count). The van der Waals surface area contributed by atoms with E-state index in [4.69, 9.17) is 5.11 Å². The maximum Gasteiger partial charge on any atom is 0.305 e. The lowest BCUT2D eigenvalue weighted by Crippen LogP contribution is -2.52. The van der Waals surface area contributed by atoms with E-state index in [1.807, 2.05) is 4.90 Å². The molecule has 0 spiro atoms. The highest BCUT2D eigenvalue weighted by Crippen LogP contribution is 2.29. The molecule has 2 heterocycles. The van der Waals surface area contributed by atoms with E-state index in [2.05, 4.69) is 15.6 Å². The fraction of sp³-hybridized carbons (Fsp3) is 0.438. The quantitative estimate of drug-likeness (QED) is 0.505. The zero-order valence-corrected chi connectivity index (χ0v) is 14.5. The number of rotatable bonds is 7. The fourth-order valence-corrected chi connectivity index (χ4v) is 2.73. The van der Waals surface area contributed by atoms with Crippen LogP contribution < -0.4 is 20.4 Å². The van der Waals surface area contributed by atoms with Crippen molar-refractivity contribution in [1.82, 2.24) is 15.6 Å². The number of aldehydes is 1. The second-order valence-corrected chi connectivity index (χ2v) is 5.90. The number of carboxylic acids is 1. The number of aromatic nitrogens is 1. The van der Waals surface area contributed by atoms with Crippen LogP contribution in [0.1, 0.15) is 6.42 Å². The first-order valence-corrected chi connectivity index (χ1v) is 7.98. The first kappa shape index (κ1) is 19.3. The van der Waals surface area contributed by atoms with Crippen LogP contribution in [-0.4, -0.2) is 73.4 Å². The van der Waals surface area contributed by atoms with Crippen molar-refractivity contribution in [2.45, 2.75) is 18.5 Å². The molecule has 2 atom stereocenters. The molecule has 0 saturated heterocycles. The summed E-state index contributed by atoms with van der Waals surface area (Å²) in [6.07, 6.45) is 1.42. The number of hydrogen-bond acceptors (Lipinski definition) is 7. The molecule has 0 unspecified atom stereocenters. The summed E-state index contributed by atoms with van der Waals surface area (Å²) in [6.45, 7) is 0.0148. The maximum absolute atomic E-state index is 12.8. The van der Waals surface area contributed by atoms with Gasteiger partial charge in [0, 0.05) is 19.8 Å². The summed E-state index contributed by atoms with van der Waals surface area (Å²) in [4.78, 5) is 54.1. The number of likely N-dealkylation sites (N-methyl/N-ethyl adjacent to an activating group) is 2. The lowest BCUT2D eigenvalue weighted by Gasteiger charge is -2.24. The van der Waals surface area contributed by atoms with Crippen LogP contribution in [0.5, 0.6) is 0 Å². The third kappa shape index (κ3) is 4.33. The van der Waals surface area contributed by atoms with Crippen molar-refractivity contribution in [2.75, 3.05) is 37.0 Å². The Labute approximate surface area is 150 Å². The largest absolute Gasteiger partial charge is 0.481 e. The Balaban J connectivity index is 2.25. The highest BCUT2D eigenvalue weighted by Gasteiger charge is 2.33. The number of aliphatic carboxylic acids is 1. The molecule has 1 aromatic rings. The highest BCUT2D eigenvalue weighted by molar-refractivity contribution is 6.05. The number of carboxylic acid groups (broad SMARTS) is 1. The summed E-state index contributed by atoms with van der Waals surface area (Å²) in [7, 11) is 3.44. The monoisotopic (exact) mass is 363 g/mol. The van der Waals surface area contributed by atoms with Gasteiger partial charge in [-0.05, 0) is 19.2 Å². The summed E-state index contributed by atoms with van der Waals surface area (Å²) in [5.41, 5.74) is 0.466. The van der Waals surface area contributed by atoms with E-state index in [0.29, 0.717) is 24.3 Å². The molecule has 1 aliphatic rings. The van der Waals surface area contributed by atoms with Gasteiger partial charge in [-0.3, -0.25) is 19.3 Å². The van der Waals surface area contributed by atoms with Crippen molar-refractivity contribution >= 4 is 35.6 Å². The van der Waals surface area contributed by atoms with Crippen LogP contribution in [0.3, 0.4) is 0 Å². The van der Waals surface area contributed by atoms with E-state index < -0.39 is 30.4 Å². The Morgan fingerprint density at radius 1 is 1.50 bits per heavy atom. The molecule has 10 heteroatoms. The molecule has 3 N–H and O–H groups in total. The smallest absolute Gasteiger partial charge is 0.305 e. The summed E-state index contributed by atoms with van der Waals surface area (Å²) >= 11 is 0. The van der Waals surface area contributed by atoms with Gasteiger partial charge in [-0.1, -0.05) is 0 Å². The average molecular weight is 363 g/mol. The van der Waals surface area contributed by atoms with Gasteiger partial charge in [0.1, 0.15) is 18.9 Å². The van der Waals surface area contributed by atoms with Crippen LogP contribution in [0.2, 0.25) is 0 Å². The Morgan fingerprint density at radius 2 is 2.23 bits per heavy atom. The Hall–Kier alpha value is -3.01. The number of pyridine rings is 1. The van der Waals surface area contributed by atoms with Gasteiger partial charge in [0.25, 0.3) is 0 Å². The Kier molecular flexibility index (Phi) is 6.23. The highest BCUT2D eigenvalue weighted by atomic mass is 16.4. The average Bonchev–Trinajstić information content (AvgIpc) is 2.71. The van der Waals surface area contributed by atoms with Gasteiger partial charge in [0.05, 0.1) is 18.2 Å². The predicted octanol–water partition coefficient (Wildman–Crippen LogP) is -1.39. The minimum absolute atomic E-state index is 0.317. The van der Waals surface area contributed by atoms with Gasteiger partial charge in [-0.25, -0.2) is 4.98 Å². The summed E-state index contributed by atoms with van der Waals surface area (Å²) in [5.74, 6) is -1.61. The van der Waals surface area contributed by atoms with Crippen molar-refractivity contribution in [3.8, 4) is 0 Å². The van der Waals surface area contributed by atoms with Crippen LogP contribution in [0, 0.1) is 0 Å². The van der Waals surface area contributed by atoms with E-state index >= 15 is 0 Å². The van der Waals surface area contributed by atoms with Gasteiger partial charge >= 0.3 is 5.97 Å². The third-order valence-corrected chi connectivity index (χ3v) is 3.99. The van der Waals surface area contributed by atoms with Crippen molar-refractivity contribution < 1.29 is 24.3 Å². The number of amides is 2. The SMILES string of the molecule is CN[C@H]1CN(C)c2ncccc2N(CC(=O)N[C@H](C=O)CC(=O)O)C1=O. The van der Waals surface area contributed by atoms with Gasteiger partial charge in [-0.2, -0.15) is 0 Å². The molecule has 0 aromatic carbocycles. The summed E-state index contributed by atoms with van der Waals surface area (Å²) < 4.78 is 0. The van der Waals surface area contributed by atoms with Crippen molar-refractivity contribution in [3.05, 3.63) is 18.3 Å². The van der Waals surface area contributed by atoms with Gasteiger partial charge < -0.3 is 25.4 Å². The van der Waals surface area contributed by atoms with Crippen molar-refractivity contribution in [1.29, 1.82) is 0 Å². The van der Waals surface area contributed by atoms with Crippen LogP contribution in [0.4, 0.5) is 11.5 Å². The van der Waals surface area contributed by atoms with Crippen LogP contribution in [-0.2, 0) is 19.2 Å². The number of nitrogens with zero attached hydrogens (tertiary/aromatic N) is 3. The number of nitrogens with one attached hydrogen (secondary N) is 2. The van der Waals surface area contributed by atoms with Gasteiger partial charge in [-0.15, -0.1) is 0 Å². The Morgan fingerprint density at radius 3 is 2.85 bits per heavy atom. The van der Waals surface area contributed by atoms with E-state index in [9.17, 15) is 19.2 Å². The minimum Gasteiger partial charge on any atom is -0.481 e. The number of carbonyl (C=O) groups excluding carboxylic acids is 3. The molecular weight excluding hydrogens is 342 g/mol. The number of hydrogen-bond donors (Lipinski definition) is 3. The van der Waals surface area contributed by atoms with E-state index in [-0.39, 0.29) is 12.5 Å². The van der Waals surface area contributed by atoms with Crippen LogP contribution >= 0.6 is 0 Å². The molecular formula is C16H21N5O5. The zero-order chi connectivity index (χ0) is 19.3. The topological polar surface area (TPSA) is 132 Å². The maximum atomic E-state index is 12.8. The van der Waals surface area contributed by atoms with Crippen LogP contribution in [0.15, 0.2) is 18.3 Å². The Bertz CT molecular complexity index is 710. The lowest BCUT2D eigenvalue weighted by atomic mass is 10.2. The second kappa shape index (κ2) is 8.39.